The van der Waals surface area contributed by atoms with Gasteiger partial charge >= 0.3 is 5.97 Å². The summed E-state index contributed by atoms with van der Waals surface area (Å²) < 4.78 is 10.2. The van der Waals surface area contributed by atoms with E-state index in [4.69, 9.17) is 21.1 Å². The third-order valence-corrected chi connectivity index (χ3v) is 5.51. The lowest BCUT2D eigenvalue weighted by Crippen LogP contribution is -2.29. The SMILES string of the molecule is CCOC(=O)c1cc(Cl)c(NC(=O)c2cccc(N3C(=O)c4ccccc4C3=O)c2)cc1OC. The molecule has 0 bridgehead atoms. The van der Waals surface area contributed by atoms with E-state index >= 15 is 0 Å². The summed E-state index contributed by atoms with van der Waals surface area (Å²) in [7, 11) is 1.38. The predicted octanol–water partition coefficient (Wildman–Crippen LogP) is 4.58. The van der Waals surface area contributed by atoms with E-state index in [1.807, 2.05) is 0 Å². The Morgan fingerprint density at radius 1 is 0.971 bits per heavy atom. The normalized spacial score (nSPS) is 12.4. The molecule has 34 heavy (non-hydrogen) atoms. The number of carbonyl (C=O) groups is 4. The highest BCUT2D eigenvalue weighted by Gasteiger charge is 2.36. The van der Waals surface area contributed by atoms with Crippen molar-refractivity contribution in [3.8, 4) is 5.75 Å². The van der Waals surface area contributed by atoms with Gasteiger partial charge in [-0.3, -0.25) is 14.4 Å². The first kappa shape index (κ1) is 23.0. The molecule has 8 nitrogen and oxygen atoms in total. The lowest BCUT2D eigenvalue weighted by molar-refractivity contribution is 0.0522. The third kappa shape index (κ3) is 4.11. The molecule has 0 aliphatic carbocycles. The smallest absolute Gasteiger partial charge is 0.341 e. The Balaban J connectivity index is 1.60. The van der Waals surface area contributed by atoms with Crippen LogP contribution in [0, 0.1) is 0 Å². The van der Waals surface area contributed by atoms with Gasteiger partial charge in [-0.2, -0.15) is 0 Å². The summed E-state index contributed by atoms with van der Waals surface area (Å²) in [6.45, 7) is 1.86. The molecule has 9 heteroatoms. The van der Waals surface area contributed by atoms with Gasteiger partial charge in [0.25, 0.3) is 17.7 Å². The molecule has 0 radical (unpaired) electrons. The van der Waals surface area contributed by atoms with E-state index in [-0.39, 0.29) is 39.9 Å². The summed E-state index contributed by atoms with van der Waals surface area (Å²) in [6.07, 6.45) is 0. The molecule has 0 spiro atoms. The number of rotatable bonds is 6. The number of carbonyl (C=O) groups excluding carboxylic acids is 4. The molecule has 1 aliphatic rings. The number of imide groups is 1. The van der Waals surface area contributed by atoms with Crippen LogP contribution in [-0.2, 0) is 4.74 Å². The van der Waals surface area contributed by atoms with Gasteiger partial charge in [0.05, 0.1) is 41.2 Å². The number of methoxy groups -OCH3 is 1. The maximum atomic E-state index is 12.9. The molecule has 3 amide bonds. The van der Waals surface area contributed by atoms with Crippen LogP contribution in [0.3, 0.4) is 0 Å². The molecule has 0 atom stereocenters. The highest BCUT2D eigenvalue weighted by Crippen LogP contribution is 2.33. The third-order valence-electron chi connectivity index (χ3n) is 5.19. The highest BCUT2D eigenvalue weighted by atomic mass is 35.5. The van der Waals surface area contributed by atoms with Crippen molar-refractivity contribution in [1.29, 1.82) is 0 Å². The first-order chi connectivity index (χ1) is 16.3. The molecular weight excluding hydrogens is 460 g/mol. The number of anilines is 2. The molecule has 0 saturated heterocycles. The zero-order valence-electron chi connectivity index (χ0n) is 18.3. The zero-order valence-corrected chi connectivity index (χ0v) is 19.0. The van der Waals surface area contributed by atoms with Crippen molar-refractivity contribution in [3.63, 3.8) is 0 Å². The van der Waals surface area contributed by atoms with Crippen LogP contribution < -0.4 is 15.0 Å². The van der Waals surface area contributed by atoms with Gasteiger partial charge in [0.15, 0.2) is 0 Å². The Bertz CT molecular complexity index is 1300. The fourth-order valence-electron chi connectivity index (χ4n) is 3.59. The average molecular weight is 479 g/mol. The Labute approximate surface area is 200 Å². The second kappa shape index (κ2) is 9.36. The summed E-state index contributed by atoms with van der Waals surface area (Å²) in [5, 5.41) is 2.77. The second-order valence-corrected chi connectivity index (χ2v) is 7.66. The van der Waals surface area contributed by atoms with Crippen LogP contribution in [0.5, 0.6) is 5.75 Å². The summed E-state index contributed by atoms with van der Waals surface area (Å²) in [6, 6.07) is 15.4. The van der Waals surface area contributed by atoms with E-state index in [0.717, 1.165) is 4.90 Å². The molecule has 4 rings (SSSR count). The van der Waals surface area contributed by atoms with Crippen molar-refractivity contribution in [2.45, 2.75) is 6.92 Å². The van der Waals surface area contributed by atoms with Crippen LogP contribution in [-0.4, -0.2) is 37.4 Å². The molecule has 1 heterocycles. The number of nitrogens with one attached hydrogen (secondary N) is 1. The Hall–Kier alpha value is -4.17. The first-order valence-electron chi connectivity index (χ1n) is 10.3. The predicted molar refractivity (Wildman–Crippen MR) is 126 cm³/mol. The van der Waals surface area contributed by atoms with Gasteiger partial charge in [-0.15, -0.1) is 0 Å². The second-order valence-electron chi connectivity index (χ2n) is 7.25. The topological polar surface area (TPSA) is 102 Å². The fraction of sp³-hybridized carbons (Fsp3) is 0.120. The van der Waals surface area contributed by atoms with Crippen LogP contribution >= 0.6 is 11.6 Å². The Morgan fingerprint density at radius 3 is 2.26 bits per heavy atom. The summed E-state index contributed by atoms with van der Waals surface area (Å²) in [4.78, 5) is 51.6. The molecular formula is C25H19ClN2O6. The van der Waals surface area contributed by atoms with Crippen molar-refractivity contribution in [2.24, 2.45) is 0 Å². The average Bonchev–Trinajstić information content (AvgIpc) is 3.10. The zero-order chi connectivity index (χ0) is 24.4. The molecule has 172 valence electrons. The van der Waals surface area contributed by atoms with E-state index in [1.165, 1.54) is 31.4 Å². The van der Waals surface area contributed by atoms with Gasteiger partial charge in [0.2, 0.25) is 0 Å². The molecule has 0 saturated carbocycles. The minimum Gasteiger partial charge on any atom is -0.496 e. The molecule has 0 fully saturated rings. The van der Waals surface area contributed by atoms with Gasteiger partial charge in [-0.1, -0.05) is 29.8 Å². The van der Waals surface area contributed by atoms with Crippen LogP contribution in [0.1, 0.15) is 48.4 Å². The lowest BCUT2D eigenvalue weighted by atomic mass is 10.1. The van der Waals surface area contributed by atoms with Crippen molar-refractivity contribution in [2.75, 3.05) is 23.9 Å². The highest BCUT2D eigenvalue weighted by molar-refractivity contribution is 6.35. The maximum absolute atomic E-state index is 12.9. The number of nitrogens with zero attached hydrogens (tertiary/aromatic N) is 1. The van der Waals surface area contributed by atoms with E-state index in [9.17, 15) is 19.2 Å². The number of halogens is 1. The number of hydrogen-bond donors (Lipinski definition) is 1. The molecule has 0 unspecified atom stereocenters. The van der Waals surface area contributed by atoms with E-state index < -0.39 is 23.7 Å². The molecule has 3 aromatic rings. The quantitative estimate of drug-likeness (QED) is 0.411. The van der Waals surface area contributed by atoms with Crippen LogP contribution in [0.15, 0.2) is 60.7 Å². The molecule has 3 aromatic carbocycles. The first-order valence-corrected chi connectivity index (χ1v) is 10.7. The van der Waals surface area contributed by atoms with Crippen LogP contribution in [0.2, 0.25) is 5.02 Å². The Morgan fingerprint density at radius 2 is 1.65 bits per heavy atom. The number of hydrogen-bond acceptors (Lipinski definition) is 6. The number of fused-ring (bicyclic) bond motifs is 1. The maximum Gasteiger partial charge on any atom is 0.341 e. The van der Waals surface area contributed by atoms with Crippen molar-refractivity contribution in [3.05, 3.63) is 87.9 Å². The number of ether oxygens (including phenoxy) is 2. The minimum atomic E-state index is -0.604. The number of benzene rings is 3. The van der Waals surface area contributed by atoms with Gasteiger partial charge in [-0.25, -0.2) is 9.69 Å². The summed E-state index contributed by atoms with van der Waals surface area (Å²) in [5.41, 5.74) is 1.41. The number of amides is 3. The van der Waals surface area contributed by atoms with Crippen LogP contribution in [0.25, 0.3) is 0 Å². The molecule has 1 aliphatic heterocycles. The molecule has 0 aromatic heterocycles. The van der Waals surface area contributed by atoms with Crippen molar-refractivity contribution >= 4 is 46.7 Å². The lowest BCUT2D eigenvalue weighted by Gasteiger charge is -2.16. The van der Waals surface area contributed by atoms with Gasteiger partial charge < -0.3 is 14.8 Å². The van der Waals surface area contributed by atoms with Crippen molar-refractivity contribution in [1.82, 2.24) is 0 Å². The summed E-state index contributed by atoms with van der Waals surface area (Å²) in [5.74, 6) is -1.88. The standard InChI is InChI=1S/C25H19ClN2O6/c1-3-34-25(32)18-12-19(26)20(13-21(18)33-2)27-22(29)14-7-6-8-15(11-14)28-23(30)16-9-4-5-10-17(16)24(28)31/h4-13H,3H2,1-2H3,(H,27,29). The number of esters is 1. The fourth-order valence-corrected chi connectivity index (χ4v) is 3.80. The monoisotopic (exact) mass is 478 g/mol. The van der Waals surface area contributed by atoms with Crippen molar-refractivity contribution < 1.29 is 28.7 Å². The van der Waals surface area contributed by atoms with Gasteiger partial charge in [-0.05, 0) is 43.3 Å². The Kier molecular flexibility index (Phi) is 6.34. The molecule has 1 N–H and O–H groups in total. The summed E-state index contributed by atoms with van der Waals surface area (Å²) >= 11 is 6.28. The van der Waals surface area contributed by atoms with E-state index in [1.54, 1.807) is 43.3 Å². The largest absolute Gasteiger partial charge is 0.496 e. The van der Waals surface area contributed by atoms with E-state index in [0.29, 0.717) is 11.1 Å². The van der Waals surface area contributed by atoms with E-state index in [2.05, 4.69) is 5.32 Å². The van der Waals surface area contributed by atoms with Crippen LogP contribution in [0.4, 0.5) is 11.4 Å². The van der Waals surface area contributed by atoms with Gasteiger partial charge in [0, 0.05) is 11.6 Å². The van der Waals surface area contributed by atoms with Gasteiger partial charge in [0.1, 0.15) is 11.3 Å². The minimum absolute atomic E-state index is 0.105.